The lowest BCUT2D eigenvalue weighted by molar-refractivity contribution is 0.587. The lowest BCUT2D eigenvalue weighted by atomic mass is 10.2. The molecule has 2 aromatic heterocycles. The maximum Gasteiger partial charge on any atom is 0.240 e. The van der Waals surface area contributed by atoms with Crippen molar-refractivity contribution in [2.45, 2.75) is 38.6 Å². The number of hydrogen-bond acceptors (Lipinski definition) is 6. The highest BCUT2D eigenvalue weighted by Gasteiger charge is 2.17. The molecule has 0 fully saturated rings. The summed E-state index contributed by atoms with van der Waals surface area (Å²) in [5.74, 6) is 1.37. The SMILES string of the molecule is CNS(=O)(=O)c1ccc(Nc2nccc(-c3c(C)nc(C)n3C(C)C)n2)cc1. The van der Waals surface area contributed by atoms with Crippen LogP contribution in [0.5, 0.6) is 0 Å². The Morgan fingerprint density at radius 2 is 1.71 bits per heavy atom. The molecule has 0 aliphatic carbocycles. The molecule has 148 valence electrons. The van der Waals surface area contributed by atoms with Crippen LogP contribution in [0.25, 0.3) is 11.4 Å². The van der Waals surface area contributed by atoms with Gasteiger partial charge in [-0.1, -0.05) is 0 Å². The maximum atomic E-state index is 11.8. The van der Waals surface area contributed by atoms with Gasteiger partial charge in [-0.05, 0) is 65.1 Å². The number of benzene rings is 1. The van der Waals surface area contributed by atoms with E-state index in [1.807, 2.05) is 19.9 Å². The largest absolute Gasteiger partial charge is 0.324 e. The van der Waals surface area contributed by atoms with Crippen molar-refractivity contribution in [2.24, 2.45) is 0 Å². The topological polar surface area (TPSA) is 102 Å². The third-order valence-electron chi connectivity index (χ3n) is 4.37. The average molecular weight is 401 g/mol. The van der Waals surface area contributed by atoms with Crippen LogP contribution in [0.4, 0.5) is 11.6 Å². The Bertz CT molecular complexity index is 1090. The molecule has 0 spiro atoms. The molecule has 0 saturated heterocycles. The summed E-state index contributed by atoms with van der Waals surface area (Å²) in [4.78, 5) is 13.7. The second-order valence-electron chi connectivity index (χ2n) is 6.68. The fourth-order valence-electron chi connectivity index (χ4n) is 3.14. The first-order valence-corrected chi connectivity index (χ1v) is 10.4. The first-order chi connectivity index (χ1) is 13.2. The zero-order valence-electron chi connectivity index (χ0n) is 16.6. The number of imidazole rings is 1. The normalized spacial score (nSPS) is 11.8. The van der Waals surface area contributed by atoms with Gasteiger partial charge in [0.2, 0.25) is 16.0 Å². The summed E-state index contributed by atoms with van der Waals surface area (Å²) in [5.41, 5.74) is 3.35. The van der Waals surface area contributed by atoms with Crippen LogP contribution in [0.1, 0.15) is 31.4 Å². The molecule has 0 aliphatic rings. The minimum Gasteiger partial charge on any atom is -0.324 e. The van der Waals surface area contributed by atoms with Crippen LogP contribution in [0, 0.1) is 13.8 Å². The van der Waals surface area contributed by atoms with Crippen LogP contribution in [0.3, 0.4) is 0 Å². The Morgan fingerprint density at radius 1 is 1.04 bits per heavy atom. The van der Waals surface area contributed by atoms with Gasteiger partial charge in [-0.2, -0.15) is 0 Å². The molecule has 0 atom stereocenters. The van der Waals surface area contributed by atoms with E-state index in [-0.39, 0.29) is 10.9 Å². The van der Waals surface area contributed by atoms with E-state index in [9.17, 15) is 8.42 Å². The molecule has 0 radical (unpaired) electrons. The predicted molar refractivity (Wildman–Crippen MR) is 109 cm³/mol. The molecule has 8 nitrogen and oxygen atoms in total. The Morgan fingerprint density at radius 3 is 2.32 bits per heavy atom. The Labute approximate surface area is 165 Å². The Balaban J connectivity index is 1.91. The fourth-order valence-corrected chi connectivity index (χ4v) is 3.87. The van der Waals surface area contributed by atoms with E-state index in [2.05, 4.69) is 43.4 Å². The molecule has 28 heavy (non-hydrogen) atoms. The van der Waals surface area contributed by atoms with Crippen LogP contribution in [0.15, 0.2) is 41.4 Å². The van der Waals surface area contributed by atoms with E-state index in [1.54, 1.807) is 18.3 Å². The van der Waals surface area contributed by atoms with Crippen LogP contribution in [-0.4, -0.2) is 35.0 Å². The van der Waals surface area contributed by atoms with Gasteiger partial charge < -0.3 is 9.88 Å². The maximum absolute atomic E-state index is 11.8. The summed E-state index contributed by atoms with van der Waals surface area (Å²) >= 11 is 0. The lowest BCUT2D eigenvalue weighted by Crippen LogP contribution is -2.18. The van der Waals surface area contributed by atoms with Gasteiger partial charge in [-0.15, -0.1) is 0 Å². The highest BCUT2D eigenvalue weighted by atomic mass is 32.2. The first-order valence-electron chi connectivity index (χ1n) is 8.92. The van der Waals surface area contributed by atoms with Gasteiger partial charge in [-0.25, -0.2) is 28.1 Å². The van der Waals surface area contributed by atoms with Crippen molar-refractivity contribution in [1.29, 1.82) is 0 Å². The number of aryl methyl sites for hydroxylation is 2. The Hall–Kier alpha value is -2.78. The fraction of sp³-hybridized carbons (Fsp3) is 0.316. The number of nitrogens with zero attached hydrogens (tertiary/aromatic N) is 4. The van der Waals surface area contributed by atoms with Crippen molar-refractivity contribution in [3.8, 4) is 11.4 Å². The molecule has 0 aliphatic heterocycles. The summed E-state index contributed by atoms with van der Waals surface area (Å²) < 4.78 is 28.1. The molecule has 0 amide bonds. The minimum atomic E-state index is -3.46. The standard InChI is InChI=1S/C19H24N6O2S/c1-12(2)25-14(4)22-13(3)18(25)17-10-11-21-19(24-17)23-15-6-8-16(9-7-15)28(26,27)20-5/h6-12,20H,1-5H3,(H,21,23,24). The third-order valence-corrected chi connectivity index (χ3v) is 5.80. The molecule has 9 heteroatoms. The van der Waals surface area contributed by atoms with Gasteiger partial charge >= 0.3 is 0 Å². The molecule has 3 rings (SSSR count). The van der Waals surface area contributed by atoms with Crippen molar-refractivity contribution >= 4 is 21.7 Å². The molecule has 0 saturated carbocycles. The molecular formula is C19H24N6O2S. The van der Waals surface area contributed by atoms with Crippen LogP contribution in [-0.2, 0) is 10.0 Å². The van der Waals surface area contributed by atoms with Crippen molar-refractivity contribution in [2.75, 3.05) is 12.4 Å². The van der Waals surface area contributed by atoms with Crippen molar-refractivity contribution < 1.29 is 8.42 Å². The van der Waals surface area contributed by atoms with Crippen molar-refractivity contribution in [1.82, 2.24) is 24.2 Å². The predicted octanol–water partition coefficient (Wildman–Crippen LogP) is 3.19. The van der Waals surface area contributed by atoms with E-state index in [4.69, 9.17) is 0 Å². The van der Waals surface area contributed by atoms with Gasteiger partial charge in [-0.3, -0.25) is 0 Å². The zero-order chi connectivity index (χ0) is 20.5. The highest BCUT2D eigenvalue weighted by Crippen LogP contribution is 2.27. The van der Waals surface area contributed by atoms with Gasteiger partial charge in [0, 0.05) is 17.9 Å². The van der Waals surface area contributed by atoms with E-state index in [1.165, 1.54) is 19.2 Å². The van der Waals surface area contributed by atoms with Crippen LogP contribution < -0.4 is 10.0 Å². The van der Waals surface area contributed by atoms with Gasteiger partial charge in [0.1, 0.15) is 5.82 Å². The second kappa shape index (κ2) is 7.69. The monoisotopic (exact) mass is 400 g/mol. The number of sulfonamides is 1. The number of anilines is 2. The molecule has 2 N–H and O–H groups in total. The van der Waals surface area contributed by atoms with Crippen LogP contribution in [0.2, 0.25) is 0 Å². The van der Waals surface area contributed by atoms with Crippen molar-refractivity contribution in [3.63, 3.8) is 0 Å². The molecule has 3 aromatic rings. The Kier molecular flexibility index (Phi) is 5.48. The summed E-state index contributed by atoms with van der Waals surface area (Å²) in [5, 5.41) is 3.12. The summed E-state index contributed by atoms with van der Waals surface area (Å²) in [7, 11) is -2.08. The number of rotatable bonds is 6. The van der Waals surface area contributed by atoms with E-state index < -0.39 is 10.0 Å². The smallest absolute Gasteiger partial charge is 0.240 e. The number of aromatic nitrogens is 4. The molecule has 2 heterocycles. The van der Waals surface area contributed by atoms with Gasteiger partial charge in [0.25, 0.3) is 0 Å². The zero-order valence-corrected chi connectivity index (χ0v) is 17.4. The first kappa shape index (κ1) is 20.0. The van der Waals surface area contributed by atoms with E-state index >= 15 is 0 Å². The second-order valence-corrected chi connectivity index (χ2v) is 8.57. The minimum absolute atomic E-state index is 0.196. The molecular weight excluding hydrogens is 376 g/mol. The van der Waals surface area contributed by atoms with E-state index in [0.717, 1.165) is 22.9 Å². The number of nitrogens with one attached hydrogen (secondary N) is 2. The molecule has 0 bridgehead atoms. The van der Waals surface area contributed by atoms with Gasteiger partial charge in [0.15, 0.2) is 0 Å². The molecule has 0 unspecified atom stereocenters. The third kappa shape index (κ3) is 3.90. The van der Waals surface area contributed by atoms with Gasteiger partial charge in [0.05, 0.1) is 22.0 Å². The van der Waals surface area contributed by atoms with Crippen LogP contribution >= 0.6 is 0 Å². The lowest BCUT2D eigenvalue weighted by Gasteiger charge is -2.15. The summed E-state index contributed by atoms with van der Waals surface area (Å²) in [6.45, 7) is 8.17. The summed E-state index contributed by atoms with van der Waals surface area (Å²) in [6.07, 6.45) is 1.69. The van der Waals surface area contributed by atoms with E-state index in [0.29, 0.717) is 11.6 Å². The quantitative estimate of drug-likeness (QED) is 0.659. The van der Waals surface area contributed by atoms with Crippen molar-refractivity contribution in [3.05, 3.63) is 48.0 Å². The highest BCUT2D eigenvalue weighted by molar-refractivity contribution is 7.89. The molecule has 1 aromatic carbocycles. The average Bonchev–Trinajstić information content (AvgIpc) is 2.96. The number of hydrogen-bond donors (Lipinski definition) is 2. The summed E-state index contributed by atoms with van der Waals surface area (Å²) in [6, 6.07) is 8.51.